The summed E-state index contributed by atoms with van der Waals surface area (Å²) in [4.78, 5) is 0. The van der Waals surface area contributed by atoms with E-state index in [-0.39, 0.29) is 0 Å². The summed E-state index contributed by atoms with van der Waals surface area (Å²) in [5.74, 6) is 0. The molecule has 1 aromatic carbocycles. The lowest BCUT2D eigenvalue weighted by molar-refractivity contribution is 1.22. The number of nitrogens with one attached hydrogen (secondary N) is 1. The molecule has 0 heterocycles. The average Bonchev–Trinajstić information content (AvgIpc) is 2.25. The van der Waals surface area contributed by atoms with E-state index in [4.69, 9.17) is 22.6 Å². The van der Waals surface area contributed by atoms with E-state index < -0.39 is 0 Å². The molecule has 15 heavy (non-hydrogen) atoms. The smallest absolute Gasteiger partial charge is 0.101 e. The Bertz CT molecular complexity index is 393. The Balaban J connectivity index is 2.60. The molecule has 3 nitrogen and oxygen atoms in total. The van der Waals surface area contributed by atoms with Crippen LogP contribution in [-0.4, -0.2) is 13.1 Å². The van der Waals surface area contributed by atoms with Crippen LogP contribution in [0.5, 0.6) is 0 Å². The highest BCUT2D eigenvalue weighted by Gasteiger charge is 1.99. The van der Waals surface area contributed by atoms with Crippen molar-refractivity contribution in [2.24, 2.45) is 5.73 Å². The Morgan fingerprint density at radius 3 is 2.87 bits per heavy atom. The lowest BCUT2D eigenvalue weighted by atomic mass is 10.2. The van der Waals surface area contributed by atoms with Crippen molar-refractivity contribution in [1.82, 2.24) is 0 Å². The molecule has 0 aliphatic heterocycles. The number of halogens is 1. The van der Waals surface area contributed by atoms with Crippen molar-refractivity contribution in [3.63, 3.8) is 0 Å². The first-order chi connectivity index (χ1) is 7.27. The van der Waals surface area contributed by atoms with E-state index >= 15 is 0 Å². The monoisotopic (exact) mass is 221 g/mol. The van der Waals surface area contributed by atoms with Gasteiger partial charge in [-0.05, 0) is 18.2 Å². The number of hydrogen-bond acceptors (Lipinski definition) is 3. The summed E-state index contributed by atoms with van der Waals surface area (Å²) < 4.78 is 0. The van der Waals surface area contributed by atoms with Gasteiger partial charge in [0.2, 0.25) is 0 Å². The number of anilines is 1. The molecular weight excluding hydrogens is 210 g/mol. The molecule has 0 saturated heterocycles. The van der Waals surface area contributed by atoms with Crippen LogP contribution in [0, 0.1) is 11.3 Å². The summed E-state index contributed by atoms with van der Waals surface area (Å²) in [6.45, 7) is 1.23. The molecule has 0 radical (unpaired) electrons. The standard InChI is InChI=1S/C11H12ClN3/c12-11-7-10(4-3-9(11)8-14)15-6-2-1-5-13/h1-4,7,15H,5-6,13H2/b2-1+. The van der Waals surface area contributed by atoms with Crippen molar-refractivity contribution in [3.05, 3.63) is 40.9 Å². The minimum absolute atomic E-state index is 0.463. The zero-order valence-corrected chi connectivity index (χ0v) is 8.96. The summed E-state index contributed by atoms with van der Waals surface area (Å²) in [6, 6.07) is 7.25. The number of nitrogens with zero attached hydrogens (tertiary/aromatic N) is 1. The van der Waals surface area contributed by atoms with Crippen molar-refractivity contribution >= 4 is 17.3 Å². The summed E-state index contributed by atoms with van der Waals surface area (Å²) in [5.41, 5.74) is 6.67. The Labute approximate surface area is 94.2 Å². The van der Waals surface area contributed by atoms with Crippen LogP contribution in [0.25, 0.3) is 0 Å². The second-order valence-electron chi connectivity index (χ2n) is 2.89. The van der Waals surface area contributed by atoms with Crippen molar-refractivity contribution in [3.8, 4) is 6.07 Å². The van der Waals surface area contributed by atoms with Crippen molar-refractivity contribution < 1.29 is 0 Å². The van der Waals surface area contributed by atoms with Gasteiger partial charge in [-0.15, -0.1) is 0 Å². The largest absolute Gasteiger partial charge is 0.382 e. The molecular formula is C11H12ClN3. The number of rotatable bonds is 4. The Morgan fingerprint density at radius 1 is 1.47 bits per heavy atom. The van der Waals surface area contributed by atoms with E-state index in [2.05, 4.69) is 5.32 Å². The van der Waals surface area contributed by atoms with Gasteiger partial charge in [-0.1, -0.05) is 23.8 Å². The molecule has 0 aromatic heterocycles. The predicted octanol–water partition coefficient (Wildman–Crippen LogP) is 2.14. The highest BCUT2D eigenvalue weighted by atomic mass is 35.5. The average molecular weight is 222 g/mol. The maximum Gasteiger partial charge on any atom is 0.101 e. The van der Waals surface area contributed by atoms with E-state index in [0.29, 0.717) is 23.7 Å². The van der Waals surface area contributed by atoms with Gasteiger partial charge in [-0.2, -0.15) is 5.26 Å². The van der Waals surface area contributed by atoms with E-state index in [1.165, 1.54) is 0 Å². The van der Waals surface area contributed by atoms with Gasteiger partial charge in [0.25, 0.3) is 0 Å². The van der Waals surface area contributed by atoms with Crippen molar-refractivity contribution in [2.75, 3.05) is 18.4 Å². The molecule has 0 aliphatic rings. The van der Waals surface area contributed by atoms with Crippen molar-refractivity contribution in [2.45, 2.75) is 0 Å². The summed E-state index contributed by atoms with van der Waals surface area (Å²) in [6.07, 6.45) is 3.81. The van der Waals surface area contributed by atoms with Crippen molar-refractivity contribution in [1.29, 1.82) is 5.26 Å². The highest BCUT2D eigenvalue weighted by Crippen LogP contribution is 2.19. The number of benzene rings is 1. The normalized spacial score (nSPS) is 10.2. The van der Waals surface area contributed by atoms with Gasteiger partial charge in [-0.25, -0.2) is 0 Å². The molecule has 0 fully saturated rings. The quantitative estimate of drug-likeness (QED) is 0.766. The Hall–Kier alpha value is -1.50. The Morgan fingerprint density at radius 2 is 2.27 bits per heavy atom. The number of nitriles is 1. The summed E-state index contributed by atoms with van der Waals surface area (Å²) >= 11 is 5.87. The van der Waals surface area contributed by atoms with Gasteiger partial charge < -0.3 is 11.1 Å². The molecule has 3 N–H and O–H groups in total. The van der Waals surface area contributed by atoms with Gasteiger partial charge in [0.05, 0.1) is 10.6 Å². The molecule has 0 saturated carbocycles. The van der Waals surface area contributed by atoms with Crippen LogP contribution in [0.1, 0.15) is 5.56 Å². The van der Waals surface area contributed by atoms with Gasteiger partial charge in [0.1, 0.15) is 6.07 Å². The van der Waals surface area contributed by atoms with E-state index in [1.807, 2.05) is 24.3 Å². The van der Waals surface area contributed by atoms with Crippen LogP contribution >= 0.6 is 11.6 Å². The minimum Gasteiger partial charge on any atom is -0.382 e. The SMILES string of the molecule is N#Cc1ccc(NC/C=C/CN)cc1Cl. The molecule has 0 spiro atoms. The fourth-order valence-corrected chi connectivity index (χ4v) is 1.29. The van der Waals surface area contributed by atoms with E-state index in [9.17, 15) is 0 Å². The molecule has 78 valence electrons. The van der Waals surface area contributed by atoms with E-state index in [0.717, 1.165) is 5.69 Å². The van der Waals surface area contributed by atoms with Gasteiger partial charge in [-0.3, -0.25) is 0 Å². The van der Waals surface area contributed by atoms with Crippen LogP contribution < -0.4 is 11.1 Å². The number of hydrogen-bond donors (Lipinski definition) is 2. The lowest BCUT2D eigenvalue weighted by Crippen LogP contribution is -2.00. The molecule has 0 atom stereocenters. The second-order valence-corrected chi connectivity index (χ2v) is 3.30. The maximum absolute atomic E-state index is 8.68. The first-order valence-electron chi connectivity index (χ1n) is 4.56. The van der Waals surface area contributed by atoms with Crippen LogP contribution in [0.3, 0.4) is 0 Å². The fourth-order valence-electron chi connectivity index (χ4n) is 1.07. The van der Waals surface area contributed by atoms with Crippen LogP contribution in [0.15, 0.2) is 30.4 Å². The third kappa shape index (κ3) is 3.62. The summed E-state index contributed by atoms with van der Waals surface area (Å²) in [5, 5.41) is 12.3. The van der Waals surface area contributed by atoms with Crippen LogP contribution in [-0.2, 0) is 0 Å². The summed E-state index contributed by atoms with van der Waals surface area (Å²) in [7, 11) is 0. The Kier molecular flexibility index (Phi) is 4.69. The molecule has 0 aliphatic carbocycles. The number of nitrogens with two attached hydrogens (primary N) is 1. The molecule has 0 amide bonds. The zero-order valence-electron chi connectivity index (χ0n) is 8.20. The third-order valence-corrected chi connectivity index (χ3v) is 2.13. The molecule has 1 aromatic rings. The molecule has 1 rings (SSSR count). The van der Waals surface area contributed by atoms with Crippen LogP contribution in [0.4, 0.5) is 5.69 Å². The topological polar surface area (TPSA) is 61.8 Å². The lowest BCUT2D eigenvalue weighted by Gasteiger charge is -2.04. The molecule has 0 unspecified atom stereocenters. The van der Waals surface area contributed by atoms with Gasteiger partial charge in [0.15, 0.2) is 0 Å². The van der Waals surface area contributed by atoms with Gasteiger partial charge in [0, 0.05) is 18.8 Å². The highest BCUT2D eigenvalue weighted by molar-refractivity contribution is 6.32. The molecule has 0 bridgehead atoms. The van der Waals surface area contributed by atoms with E-state index in [1.54, 1.807) is 12.1 Å². The third-order valence-electron chi connectivity index (χ3n) is 1.82. The fraction of sp³-hybridized carbons (Fsp3) is 0.182. The second kappa shape index (κ2) is 6.07. The minimum atomic E-state index is 0.463. The maximum atomic E-state index is 8.68. The first-order valence-corrected chi connectivity index (χ1v) is 4.94. The van der Waals surface area contributed by atoms with Crippen LogP contribution in [0.2, 0.25) is 5.02 Å². The first kappa shape index (κ1) is 11.6. The molecule has 4 heteroatoms. The predicted molar refractivity (Wildman–Crippen MR) is 62.9 cm³/mol. The van der Waals surface area contributed by atoms with Gasteiger partial charge >= 0.3 is 0 Å². The zero-order chi connectivity index (χ0) is 11.1.